The van der Waals surface area contributed by atoms with Gasteiger partial charge in [-0.05, 0) is 50.1 Å². The molecular weight excluding hydrogens is 388 g/mol. The van der Waals surface area contributed by atoms with Crippen LogP contribution in [-0.2, 0) is 6.54 Å². The quantitative estimate of drug-likeness (QED) is 0.570. The molecule has 1 heterocycles. The number of aromatic nitrogens is 1. The highest BCUT2D eigenvalue weighted by molar-refractivity contribution is 9.11. The maximum absolute atomic E-state index is 4.37. The van der Waals surface area contributed by atoms with Gasteiger partial charge in [0.1, 0.15) is 0 Å². The lowest BCUT2D eigenvalue weighted by Gasteiger charge is -2.06. The average Bonchev–Trinajstić information content (AvgIpc) is 2.42. The molecule has 0 saturated carbocycles. The number of hydrogen-bond donors (Lipinski definition) is 1. The van der Waals surface area contributed by atoms with E-state index in [1.54, 1.807) is 0 Å². The van der Waals surface area contributed by atoms with Crippen LogP contribution >= 0.6 is 43.6 Å². The molecule has 1 N–H and O–H groups in total. The van der Waals surface area contributed by atoms with Gasteiger partial charge in [0.15, 0.2) is 0 Å². The minimum absolute atomic E-state index is 0.781. The van der Waals surface area contributed by atoms with Gasteiger partial charge in [-0.1, -0.05) is 18.2 Å². The molecule has 0 aliphatic carbocycles. The van der Waals surface area contributed by atoms with E-state index < -0.39 is 0 Å². The van der Waals surface area contributed by atoms with Gasteiger partial charge in [-0.15, -0.1) is 11.8 Å². The van der Waals surface area contributed by atoms with Crippen molar-refractivity contribution in [3.8, 4) is 0 Å². The Kier molecular flexibility index (Phi) is 6.37. The van der Waals surface area contributed by atoms with Crippen LogP contribution in [-0.4, -0.2) is 17.3 Å². The highest BCUT2D eigenvalue weighted by atomic mass is 79.9. The lowest BCUT2D eigenvalue weighted by molar-refractivity contribution is 0.712. The Morgan fingerprint density at radius 2 is 1.95 bits per heavy atom. The summed E-state index contributed by atoms with van der Waals surface area (Å²) in [5.74, 6) is 1.05. The molecule has 0 amide bonds. The first kappa shape index (κ1) is 15.0. The summed E-state index contributed by atoms with van der Waals surface area (Å²) in [4.78, 5) is 5.68. The number of hydrogen-bond acceptors (Lipinski definition) is 3. The Hall–Kier alpha value is -0.360. The van der Waals surface area contributed by atoms with Crippen LogP contribution < -0.4 is 5.32 Å². The fraction of sp³-hybridized carbons (Fsp3) is 0.214. The van der Waals surface area contributed by atoms with Gasteiger partial charge in [0.2, 0.25) is 0 Å². The predicted octanol–water partition coefficient (Wildman–Crippen LogP) is 4.49. The van der Waals surface area contributed by atoms with Crippen LogP contribution in [0.5, 0.6) is 0 Å². The van der Waals surface area contributed by atoms with Crippen LogP contribution in [0.2, 0.25) is 0 Å². The summed E-state index contributed by atoms with van der Waals surface area (Å²) in [7, 11) is 0. The van der Waals surface area contributed by atoms with Crippen molar-refractivity contribution in [2.75, 3.05) is 12.3 Å². The molecule has 0 fully saturated rings. The zero-order chi connectivity index (χ0) is 13.5. The van der Waals surface area contributed by atoms with E-state index in [0.29, 0.717) is 0 Å². The number of nitrogens with one attached hydrogen (secondary N) is 1. The van der Waals surface area contributed by atoms with Crippen LogP contribution in [0.25, 0.3) is 0 Å². The highest BCUT2D eigenvalue weighted by Crippen LogP contribution is 2.19. The molecule has 0 saturated heterocycles. The van der Waals surface area contributed by atoms with E-state index in [1.807, 2.05) is 30.1 Å². The van der Waals surface area contributed by atoms with Crippen molar-refractivity contribution in [2.45, 2.75) is 11.4 Å². The summed E-state index contributed by atoms with van der Waals surface area (Å²) in [5, 5.41) is 3.40. The average molecular weight is 402 g/mol. The third-order valence-electron chi connectivity index (χ3n) is 2.47. The fourth-order valence-corrected chi connectivity index (χ4v) is 3.50. The van der Waals surface area contributed by atoms with Crippen molar-refractivity contribution in [2.24, 2.45) is 0 Å². The lowest BCUT2D eigenvalue weighted by Crippen LogP contribution is -2.17. The minimum Gasteiger partial charge on any atom is -0.310 e. The summed E-state index contributed by atoms with van der Waals surface area (Å²) < 4.78 is 2.02. The zero-order valence-corrected chi connectivity index (χ0v) is 14.3. The molecule has 0 atom stereocenters. The molecular formula is C14H14Br2N2S. The van der Waals surface area contributed by atoms with Gasteiger partial charge >= 0.3 is 0 Å². The Morgan fingerprint density at radius 3 is 2.68 bits per heavy atom. The van der Waals surface area contributed by atoms with Crippen molar-refractivity contribution in [1.29, 1.82) is 0 Å². The Morgan fingerprint density at radius 1 is 1.16 bits per heavy atom. The Labute approximate surface area is 134 Å². The first-order chi connectivity index (χ1) is 9.25. The number of benzene rings is 1. The van der Waals surface area contributed by atoms with E-state index >= 15 is 0 Å². The zero-order valence-electron chi connectivity index (χ0n) is 10.3. The van der Waals surface area contributed by atoms with Gasteiger partial charge < -0.3 is 5.32 Å². The minimum atomic E-state index is 0.781. The van der Waals surface area contributed by atoms with Crippen molar-refractivity contribution in [1.82, 2.24) is 10.3 Å². The van der Waals surface area contributed by atoms with Crippen LogP contribution in [0.1, 0.15) is 5.69 Å². The molecule has 2 rings (SSSR count). The van der Waals surface area contributed by atoms with Crippen LogP contribution in [0.15, 0.2) is 56.4 Å². The molecule has 19 heavy (non-hydrogen) atoms. The smallest absolute Gasteiger partial charge is 0.0684 e. The van der Waals surface area contributed by atoms with Crippen molar-refractivity contribution in [3.05, 3.63) is 57.2 Å². The van der Waals surface area contributed by atoms with Crippen LogP contribution in [0, 0.1) is 0 Å². The second-order valence-corrected chi connectivity index (χ2v) is 6.86. The normalized spacial score (nSPS) is 10.6. The fourth-order valence-electron chi connectivity index (χ4n) is 1.54. The Balaban J connectivity index is 1.69. The molecule has 0 unspecified atom stereocenters. The van der Waals surface area contributed by atoms with E-state index in [-0.39, 0.29) is 0 Å². The topological polar surface area (TPSA) is 24.9 Å². The molecule has 0 spiro atoms. The van der Waals surface area contributed by atoms with Gasteiger partial charge in [0.05, 0.1) is 5.69 Å². The van der Waals surface area contributed by atoms with Gasteiger partial charge in [-0.3, -0.25) is 4.98 Å². The molecule has 2 nitrogen and oxygen atoms in total. The van der Waals surface area contributed by atoms with Crippen molar-refractivity contribution in [3.63, 3.8) is 0 Å². The molecule has 2 aromatic rings. The summed E-state index contributed by atoms with van der Waals surface area (Å²) in [6.45, 7) is 1.74. The number of rotatable bonds is 6. The molecule has 5 heteroatoms. The summed E-state index contributed by atoms with van der Waals surface area (Å²) in [6.07, 6.45) is 1.82. The van der Waals surface area contributed by atoms with Gasteiger partial charge in [-0.25, -0.2) is 0 Å². The largest absolute Gasteiger partial charge is 0.310 e. The van der Waals surface area contributed by atoms with E-state index in [0.717, 1.165) is 33.5 Å². The lowest BCUT2D eigenvalue weighted by atomic mass is 10.3. The van der Waals surface area contributed by atoms with E-state index in [2.05, 4.69) is 66.4 Å². The number of thioether (sulfide) groups is 1. The molecule has 1 aromatic carbocycles. The second-order valence-electron chi connectivity index (χ2n) is 3.92. The van der Waals surface area contributed by atoms with Gasteiger partial charge in [0.25, 0.3) is 0 Å². The van der Waals surface area contributed by atoms with E-state index in [1.165, 1.54) is 4.90 Å². The summed E-state index contributed by atoms with van der Waals surface area (Å²) in [6, 6.07) is 12.5. The summed E-state index contributed by atoms with van der Waals surface area (Å²) in [5.41, 5.74) is 1.04. The SMILES string of the molecule is Brc1cnc(CNCCSc2ccccc2)c(Br)c1. The third kappa shape index (κ3) is 5.26. The maximum atomic E-state index is 4.37. The summed E-state index contributed by atoms with van der Waals surface area (Å²) >= 11 is 8.77. The first-order valence-corrected chi connectivity index (χ1v) is 8.51. The second kappa shape index (κ2) is 8.04. The van der Waals surface area contributed by atoms with Crippen LogP contribution in [0.4, 0.5) is 0 Å². The van der Waals surface area contributed by atoms with E-state index in [4.69, 9.17) is 0 Å². The number of halogens is 2. The first-order valence-electron chi connectivity index (χ1n) is 5.94. The van der Waals surface area contributed by atoms with Gasteiger partial charge in [-0.2, -0.15) is 0 Å². The number of nitrogens with zero attached hydrogens (tertiary/aromatic N) is 1. The van der Waals surface area contributed by atoms with Gasteiger partial charge in [0, 0.05) is 38.9 Å². The standard InChI is InChI=1S/C14H14Br2N2S/c15-11-8-13(16)14(18-9-11)10-17-6-7-19-12-4-2-1-3-5-12/h1-5,8-9,17H,6-7,10H2. The monoisotopic (exact) mass is 400 g/mol. The highest BCUT2D eigenvalue weighted by Gasteiger charge is 2.01. The van der Waals surface area contributed by atoms with Crippen LogP contribution in [0.3, 0.4) is 0 Å². The van der Waals surface area contributed by atoms with E-state index in [9.17, 15) is 0 Å². The molecule has 0 aliphatic heterocycles. The van der Waals surface area contributed by atoms with Crippen molar-refractivity contribution < 1.29 is 0 Å². The molecule has 0 radical (unpaired) electrons. The molecule has 0 aliphatic rings. The molecule has 1 aromatic heterocycles. The predicted molar refractivity (Wildman–Crippen MR) is 88.5 cm³/mol. The Bertz CT molecular complexity index is 520. The molecule has 0 bridgehead atoms. The molecule has 100 valence electrons. The third-order valence-corrected chi connectivity index (χ3v) is 4.60. The number of pyridine rings is 1. The van der Waals surface area contributed by atoms with Crippen molar-refractivity contribution >= 4 is 43.6 Å². The maximum Gasteiger partial charge on any atom is 0.0684 e.